The number of unbranched alkanes of at least 4 members (excludes halogenated alkanes) is 1. The van der Waals surface area contributed by atoms with E-state index >= 15 is 0 Å². The number of rotatable bonds is 5. The Morgan fingerprint density at radius 1 is 1.38 bits per heavy atom. The van der Waals surface area contributed by atoms with Crippen molar-refractivity contribution in [3.63, 3.8) is 0 Å². The Labute approximate surface area is 120 Å². The minimum atomic E-state index is -4.12. The van der Waals surface area contributed by atoms with E-state index in [4.69, 9.17) is 0 Å². The molecule has 0 heterocycles. The van der Waals surface area contributed by atoms with Gasteiger partial charge in [0.05, 0.1) is 16.7 Å². The third-order valence-electron chi connectivity index (χ3n) is 1.09. The van der Waals surface area contributed by atoms with Gasteiger partial charge >= 0.3 is 57.4 Å². The largest absolute Gasteiger partial charge is 1.00 e. The molecule has 5 nitrogen and oxygen atoms in total. The summed E-state index contributed by atoms with van der Waals surface area (Å²) in [6, 6.07) is 0. The standard InChI is InChI=1S/C6H12O5S.K/c1-6(7)11-4-2-3-5-12(8,9)10;/h2-5H2,1H3,(H,8,9,10);/q;+1/p-1. The third kappa shape index (κ3) is 15.7. The Hall–Kier alpha value is 1.02. The monoisotopic (exact) mass is 234 g/mol. The van der Waals surface area contributed by atoms with E-state index in [0.29, 0.717) is 6.42 Å². The van der Waals surface area contributed by atoms with Crippen LogP contribution >= 0.6 is 0 Å². The molecular weight excluding hydrogens is 223 g/mol. The SMILES string of the molecule is CC(=O)OCCCCS(=O)(=O)[O-].[K+]. The molecule has 0 atom stereocenters. The van der Waals surface area contributed by atoms with E-state index in [1.807, 2.05) is 0 Å². The van der Waals surface area contributed by atoms with E-state index in [1.165, 1.54) is 6.92 Å². The fourth-order valence-electron chi connectivity index (χ4n) is 0.597. The van der Waals surface area contributed by atoms with E-state index in [-0.39, 0.29) is 64.4 Å². The first-order valence-electron chi connectivity index (χ1n) is 3.49. The summed E-state index contributed by atoms with van der Waals surface area (Å²) in [5.74, 6) is -0.797. The summed E-state index contributed by atoms with van der Waals surface area (Å²) in [5, 5.41) is 0. The quantitative estimate of drug-likeness (QED) is 0.217. The van der Waals surface area contributed by atoms with Gasteiger partial charge in [-0.05, 0) is 12.8 Å². The average molecular weight is 234 g/mol. The molecule has 72 valence electrons. The Morgan fingerprint density at radius 2 is 1.92 bits per heavy atom. The molecule has 0 unspecified atom stereocenters. The van der Waals surface area contributed by atoms with Crippen LogP contribution in [0.5, 0.6) is 0 Å². The van der Waals surface area contributed by atoms with Crippen LogP contribution in [-0.2, 0) is 19.6 Å². The van der Waals surface area contributed by atoms with Crippen LogP contribution in [0.3, 0.4) is 0 Å². The summed E-state index contributed by atoms with van der Waals surface area (Å²) in [6.07, 6.45) is 0.639. The van der Waals surface area contributed by atoms with Crippen molar-refractivity contribution in [3.05, 3.63) is 0 Å². The first-order valence-corrected chi connectivity index (χ1v) is 5.06. The second-order valence-corrected chi connectivity index (χ2v) is 3.83. The Kier molecular flexibility index (Phi) is 10.5. The second-order valence-electron chi connectivity index (χ2n) is 2.31. The van der Waals surface area contributed by atoms with Crippen molar-refractivity contribution in [3.8, 4) is 0 Å². The van der Waals surface area contributed by atoms with Crippen LogP contribution in [0.1, 0.15) is 19.8 Å². The smallest absolute Gasteiger partial charge is 0.748 e. The van der Waals surface area contributed by atoms with Crippen LogP contribution in [0.2, 0.25) is 0 Å². The van der Waals surface area contributed by atoms with Crippen LogP contribution in [0.25, 0.3) is 0 Å². The molecule has 0 aliphatic heterocycles. The van der Waals surface area contributed by atoms with Gasteiger partial charge in [0.1, 0.15) is 0 Å². The van der Waals surface area contributed by atoms with Gasteiger partial charge in [-0.15, -0.1) is 0 Å². The van der Waals surface area contributed by atoms with Gasteiger partial charge in [0.2, 0.25) is 0 Å². The molecule has 0 aliphatic rings. The van der Waals surface area contributed by atoms with Crippen molar-refractivity contribution in [2.75, 3.05) is 12.4 Å². The van der Waals surface area contributed by atoms with Gasteiger partial charge < -0.3 is 9.29 Å². The molecule has 0 aromatic carbocycles. The van der Waals surface area contributed by atoms with Crippen LogP contribution in [0, 0.1) is 0 Å². The fraction of sp³-hybridized carbons (Fsp3) is 0.833. The summed E-state index contributed by atoms with van der Waals surface area (Å²) >= 11 is 0. The molecule has 0 spiro atoms. The number of ether oxygens (including phenoxy) is 1. The second kappa shape index (κ2) is 8.34. The van der Waals surface area contributed by atoms with E-state index in [2.05, 4.69) is 4.74 Å². The first kappa shape index (κ1) is 16.4. The number of carbonyl (C=O) groups is 1. The summed E-state index contributed by atoms with van der Waals surface area (Å²) < 4.78 is 34.7. The summed E-state index contributed by atoms with van der Waals surface area (Å²) in [5.41, 5.74) is 0. The predicted octanol–water partition coefficient (Wildman–Crippen LogP) is -3.12. The zero-order valence-electron chi connectivity index (χ0n) is 7.78. The Bertz CT molecular complexity index is 235. The molecule has 0 aromatic rings. The van der Waals surface area contributed by atoms with Crippen molar-refractivity contribution in [1.29, 1.82) is 0 Å². The molecular formula is C6H11KO5S. The van der Waals surface area contributed by atoms with E-state index in [1.54, 1.807) is 0 Å². The van der Waals surface area contributed by atoms with Gasteiger partial charge in [-0.2, -0.15) is 0 Å². The first-order chi connectivity index (χ1) is 5.42. The summed E-state index contributed by atoms with van der Waals surface area (Å²) in [7, 11) is -4.12. The van der Waals surface area contributed by atoms with E-state index in [9.17, 15) is 17.8 Å². The minimum Gasteiger partial charge on any atom is -0.748 e. The number of esters is 1. The molecule has 0 aliphatic carbocycles. The van der Waals surface area contributed by atoms with Gasteiger partial charge in [-0.1, -0.05) is 0 Å². The normalized spacial score (nSPS) is 10.3. The zero-order chi connectivity index (χ0) is 9.61. The molecule has 0 rings (SSSR count). The number of carbonyl (C=O) groups excluding carboxylic acids is 1. The van der Waals surface area contributed by atoms with Gasteiger partial charge in [-0.3, -0.25) is 4.79 Å². The minimum absolute atomic E-state index is 0. The van der Waals surface area contributed by atoms with Crippen molar-refractivity contribution in [2.24, 2.45) is 0 Å². The molecule has 0 saturated heterocycles. The maximum Gasteiger partial charge on any atom is 1.00 e. The predicted molar refractivity (Wildman–Crippen MR) is 40.4 cm³/mol. The van der Waals surface area contributed by atoms with Crippen molar-refractivity contribution in [2.45, 2.75) is 19.8 Å². The van der Waals surface area contributed by atoms with Gasteiger partial charge in [0.15, 0.2) is 0 Å². The molecule has 13 heavy (non-hydrogen) atoms. The van der Waals surface area contributed by atoms with Gasteiger partial charge in [0.25, 0.3) is 0 Å². The number of hydrogen-bond acceptors (Lipinski definition) is 5. The molecule has 0 fully saturated rings. The Balaban J connectivity index is 0. The molecule has 0 amide bonds. The van der Waals surface area contributed by atoms with Crippen LogP contribution in [0.4, 0.5) is 0 Å². The van der Waals surface area contributed by atoms with Crippen LogP contribution in [0.15, 0.2) is 0 Å². The topological polar surface area (TPSA) is 83.5 Å². The maximum absolute atomic E-state index is 10.2. The van der Waals surface area contributed by atoms with Crippen molar-refractivity contribution >= 4 is 16.1 Å². The molecule has 0 saturated carbocycles. The Morgan fingerprint density at radius 3 is 2.31 bits per heavy atom. The van der Waals surface area contributed by atoms with E-state index in [0.717, 1.165) is 0 Å². The van der Waals surface area contributed by atoms with Crippen LogP contribution < -0.4 is 51.4 Å². The third-order valence-corrected chi connectivity index (χ3v) is 1.88. The molecule has 0 aromatic heterocycles. The summed E-state index contributed by atoms with van der Waals surface area (Å²) in [6.45, 7) is 1.44. The maximum atomic E-state index is 10.2. The number of hydrogen-bond donors (Lipinski definition) is 0. The van der Waals surface area contributed by atoms with Crippen molar-refractivity contribution in [1.82, 2.24) is 0 Å². The average Bonchev–Trinajstić information content (AvgIpc) is 1.83. The molecule has 7 heteroatoms. The van der Waals surface area contributed by atoms with Gasteiger partial charge in [0, 0.05) is 12.7 Å². The molecule has 0 radical (unpaired) electrons. The van der Waals surface area contributed by atoms with Crippen molar-refractivity contribution < 1.29 is 73.9 Å². The van der Waals surface area contributed by atoms with Gasteiger partial charge in [-0.25, -0.2) is 8.42 Å². The zero-order valence-corrected chi connectivity index (χ0v) is 11.7. The van der Waals surface area contributed by atoms with Crippen LogP contribution in [-0.4, -0.2) is 31.3 Å². The van der Waals surface area contributed by atoms with E-state index < -0.39 is 21.8 Å². The summed E-state index contributed by atoms with van der Waals surface area (Å²) in [4.78, 5) is 10.2. The fourth-order valence-corrected chi connectivity index (χ4v) is 1.15. The molecule has 0 bridgehead atoms. The molecule has 0 N–H and O–H groups in total.